The molecule has 1 atom stereocenters. The molecular formula is C12H14N4O. The van der Waals surface area contributed by atoms with E-state index in [9.17, 15) is 4.79 Å². The zero-order valence-electron chi connectivity index (χ0n) is 9.41. The third-order valence-corrected chi connectivity index (χ3v) is 3.32. The number of nitrogens with two attached hydrogens (primary N) is 1. The smallest absolute Gasteiger partial charge is 0.222 e. The van der Waals surface area contributed by atoms with Gasteiger partial charge in [0.1, 0.15) is 0 Å². The molecule has 1 amide bonds. The monoisotopic (exact) mass is 230 g/mol. The van der Waals surface area contributed by atoms with Crippen molar-refractivity contribution in [2.75, 3.05) is 18.0 Å². The normalized spacial score (nSPS) is 20.0. The molecule has 1 aliphatic heterocycles. The van der Waals surface area contributed by atoms with Gasteiger partial charge in [0.2, 0.25) is 5.91 Å². The lowest BCUT2D eigenvalue weighted by molar-refractivity contribution is -0.121. The van der Waals surface area contributed by atoms with E-state index >= 15 is 0 Å². The first-order valence-corrected chi connectivity index (χ1v) is 5.71. The lowest BCUT2D eigenvalue weighted by Gasteiger charge is -2.17. The molecule has 3 rings (SSSR count). The van der Waals surface area contributed by atoms with Gasteiger partial charge in [0, 0.05) is 31.7 Å². The van der Waals surface area contributed by atoms with E-state index < -0.39 is 0 Å². The third kappa shape index (κ3) is 1.63. The molecule has 0 bridgehead atoms. The van der Waals surface area contributed by atoms with Gasteiger partial charge in [-0.3, -0.25) is 4.79 Å². The van der Waals surface area contributed by atoms with E-state index in [0.29, 0.717) is 6.54 Å². The van der Waals surface area contributed by atoms with Gasteiger partial charge in [0.15, 0.2) is 5.82 Å². The summed E-state index contributed by atoms with van der Waals surface area (Å²) in [5.74, 6) is 0.670. The van der Waals surface area contributed by atoms with Gasteiger partial charge in [-0.25, -0.2) is 4.98 Å². The van der Waals surface area contributed by atoms with E-state index in [1.165, 1.54) is 0 Å². The van der Waals surface area contributed by atoms with Crippen molar-refractivity contribution >= 4 is 17.2 Å². The minimum atomic E-state index is -0.213. The Morgan fingerprint density at radius 1 is 1.47 bits per heavy atom. The zero-order valence-corrected chi connectivity index (χ0v) is 9.41. The highest BCUT2D eigenvalue weighted by molar-refractivity contribution is 5.79. The molecule has 5 heteroatoms. The summed E-state index contributed by atoms with van der Waals surface area (Å²) < 4.78 is 2.03. The molecule has 2 aromatic heterocycles. The molecular weight excluding hydrogens is 216 g/mol. The van der Waals surface area contributed by atoms with E-state index in [1.807, 2.05) is 28.9 Å². The summed E-state index contributed by atoms with van der Waals surface area (Å²) in [5.41, 5.74) is 6.41. The van der Waals surface area contributed by atoms with Crippen molar-refractivity contribution in [3.63, 3.8) is 0 Å². The predicted molar refractivity (Wildman–Crippen MR) is 64.7 cm³/mol. The zero-order chi connectivity index (χ0) is 11.8. The van der Waals surface area contributed by atoms with Crippen molar-refractivity contribution < 1.29 is 4.79 Å². The molecule has 88 valence electrons. The van der Waals surface area contributed by atoms with Crippen LogP contribution in [0.2, 0.25) is 0 Å². The highest BCUT2D eigenvalue weighted by Gasteiger charge is 2.28. The topological polar surface area (TPSA) is 63.6 Å². The molecule has 1 aliphatic rings. The molecule has 0 spiro atoms. The van der Waals surface area contributed by atoms with Gasteiger partial charge < -0.3 is 15.0 Å². The van der Waals surface area contributed by atoms with Crippen LogP contribution in [0.15, 0.2) is 30.7 Å². The molecule has 2 N–H and O–H groups in total. The number of fused-ring (bicyclic) bond motifs is 1. The Kier molecular flexibility index (Phi) is 2.24. The minimum absolute atomic E-state index is 0.0491. The average Bonchev–Trinajstić information content (AvgIpc) is 2.97. The van der Waals surface area contributed by atoms with Crippen molar-refractivity contribution in [1.29, 1.82) is 0 Å². The Bertz CT molecular complexity index is 562. The summed E-state index contributed by atoms with van der Waals surface area (Å²) >= 11 is 0. The highest BCUT2D eigenvalue weighted by atomic mass is 16.1. The van der Waals surface area contributed by atoms with Crippen LogP contribution in [0.4, 0.5) is 5.82 Å². The fourth-order valence-corrected chi connectivity index (χ4v) is 2.38. The molecule has 0 aliphatic carbocycles. The fraction of sp³-hybridized carbons (Fsp3) is 0.333. The van der Waals surface area contributed by atoms with Gasteiger partial charge in [-0.15, -0.1) is 0 Å². The van der Waals surface area contributed by atoms with Crippen molar-refractivity contribution in [1.82, 2.24) is 9.38 Å². The molecule has 17 heavy (non-hydrogen) atoms. The van der Waals surface area contributed by atoms with E-state index in [4.69, 9.17) is 5.73 Å². The van der Waals surface area contributed by atoms with Crippen LogP contribution >= 0.6 is 0 Å². The number of aromatic nitrogens is 2. The highest BCUT2D eigenvalue weighted by Crippen LogP contribution is 2.25. The number of carbonyl (C=O) groups is 1. The second-order valence-electron chi connectivity index (χ2n) is 4.39. The maximum Gasteiger partial charge on any atom is 0.222 e. The lowest BCUT2D eigenvalue weighted by atomic mass is 10.1. The Morgan fingerprint density at radius 2 is 2.35 bits per heavy atom. The molecule has 1 fully saturated rings. The number of hydrogen-bond acceptors (Lipinski definition) is 3. The largest absolute Gasteiger partial charge is 0.369 e. The standard InChI is InChI=1S/C12H14N4O/c13-11(17)9-3-6-16(8-9)12-10-2-1-5-15(10)7-4-14-12/h1-2,4-5,7,9H,3,6,8H2,(H2,13,17). The summed E-state index contributed by atoms with van der Waals surface area (Å²) in [5, 5.41) is 0. The molecule has 5 nitrogen and oxygen atoms in total. The van der Waals surface area contributed by atoms with Gasteiger partial charge in [0.05, 0.1) is 11.4 Å². The molecule has 3 heterocycles. The van der Waals surface area contributed by atoms with Crippen molar-refractivity contribution in [3.8, 4) is 0 Å². The lowest BCUT2D eigenvalue weighted by Crippen LogP contribution is -2.27. The first-order valence-electron chi connectivity index (χ1n) is 5.71. The molecule has 0 aromatic carbocycles. The number of amides is 1. The Labute approximate surface area is 98.8 Å². The molecule has 1 saturated heterocycles. The molecule has 0 radical (unpaired) electrons. The summed E-state index contributed by atoms with van der Waals surface area (Å²) in [6.07, 6.45) is 6.50. The predicted octanol–water partition coefficient (Wildman–Crippen LogP) is 0.646. The van der Waals surface area contributed by atoms with Crippen LogP contribution in [-0.4, -0.2) is 28.4 Å². The molecule has 2 aromatic rings. The summed E-state index contributed by atoms with van der Waals surface area (Å²) in [7, 11) is 0. The van der Waals surface area contributed by atoms with E-state index in [-0.39, 0.29) is 11.8 Å². The summed E-state index contributed by atoms with van der Waals surface area (Å²) in [4.78, 5) is 17.7. The minimum Gasteiger partial charge on any atom is -0.369 e. The Morgan fingerprint density at radius 3 is 3.12 bits per heavy atom. The van der Waals surface area contributed by atoms with Crippen LogP contribution in [0.3, 0.4) is 0 Å². The first kappa shape index (κ1) is 10.1. The van der Waals surface area contributed by atoms with Crippen LogP contribution in [0, 0.1) is 5.92 Å². The second kappa shape index (κ2) is 3.76. The van der Waals surface area contributed by atoms with Gasteiger partial charge in [0.25, 0.3) is 0 Å². The maximum absolute atomic E-state index is 11.2. The van der Waals surface area contributed by atoms with Gasteiger partial charge >= 0.3 is 0 Å². The van der Waals surface area contributed by atoms with Gasteiger partial charge in [-0.2, -0.15) is 0 Å². The van der Waals surface area contributed by atoms with Crippen LogP contribution in [0.5, 0.6) is 0 Å². The van der Waals surface area contributed by atoms with Crippen LogP contribution in [-0.2, 0) is 4.79 Å². The van der Waals surface area contributed by atoms with Crippen LogP contribution < -0.4 is 10.6 Å². The number of rotatable bonds is 2. The Hall–Kier alpha value is -2.04. The molecule has 1 unspecified atom stereocenters. The van der Waals surface area contributed by atoms with Crippen molar-refractivity contribution in [2.45, 2.75) is 6.42 Å². The van der Waals surface area contributed by atoms with Crippen LogP contribution in [0.25, 0.3) is 5.52 Å². The Balaban J connectivity index is 1.95. The number of hydrogen-bond donors (Lipinski definition) is 1. The van der Waals surface area contributed by atoms with E-state index in [2.05, 4.69) is 9.88 Å². The summed E-state index contributed by atoms with van der Waals surface area (Å²) in [6.45, 7) is 1.51. The third-order valence-electron chi connectivity index (χ3n) is 3.32. The maximum atomic E-state index is 11.2. The number of nitrogens with zero attached hydrogens (tertiary/aromatic N) is 3. The van der Waals surface area contributed by atoms with Crippen molar-refractivity contribution in [3.05, 3.63) is 30.7 Å². The number of carbonyl (C=O) groups excluding carboxylic acids is 1. The number of anilines is 1. The fourth-order valence-electron chi connectivity index (χ4n) is 2.38. The second-order valence-corrected chi connectivity index (χ2v) is 4.39. The average molecular weight is 230 g/mol. The van der Waals surface area contributed by atoms with Gasteiger partial charge in [-0.05, 0) is 18.6 Å². The van der Waals surface area contributed by atoms with Crippen LogP contribution in [0.1, 0.15) is 6.42 Å². The number of primary amides is 1. The SMILES string of the molecule is NC(=O)C1CCN(c2nccn3cccc23)C1. The molecule has 0 saturated carbocycles. The van der Waals surface area contributed by atoms with E-state index in [0.717, 1.165) is 24.3 Å². The van der Waals surface area contributed by atoms with Crippen molar-refractivity contribution in [2.24, 2.45) is 11.7 Å². The quantitative estimate of drug-likeness (QED) is 0.823. The first-order chi connectivity index (χ1) is 8.25. The van der Waals surface area contributed by atoms with E-state index in [1.54, 1.807) is 6.20 Å². The summed E-state index contributed by atoms with van der Waals surface area (Å²) in [6, 6.07) is 4.02. The van der Waals surface area contributed by atoms with Gasteiger partial charge in [-0.1, -0.05) is 0 Å².